The van der Waals surface area contributed by atoms with Crippen LogP contribution < -0.4 is 0 Å². The molecule has 0 heterocycles. The molecule has 21 heavy (non-hydrogen) atoms. The highest BCUT2D eigenvalue weighted by Crippen LogP contribution is 2.23. The Hall–Kier alpha value is -1.02. The van der Waals surface area contributed by atoms with Crippen LogP contribution in [0.1, 0.15) is 17.5 Å². The molecule has 0 aliphatic carbocycles. The molecule has 0 fully saturated rings. The molecular formula is C14H23FN2O3S. The minimum atomic E-state index is -3.76. The van der Waals surface area contributed by atoms with E-state index in [-0.39, 0.29) is 16.0 Å². The van der Waals surface area contributed by atoms with Crippen molar-refractivity contribution in [3.63, 3.8) is 0 Å². The molecular weight excluding hydrogens is 295 g/mol. The predicted molar refractivity (Wildman–Crippen MR) is 80.0 cm³/mol. The topological polar surface area (TPSA) is 60.9 Å². The molecule has 1 aromatic rings. The van der Waals surface area contributed by atoms with Gasteiger partial charge in [-0.2, -0.15) is 0 Å². The summed E-state index contributed by atoms with van der Waals surface area (Å²) >= 11 is 0. The Bertz CT molecular complexity index is 588. The first-order valence-corrected chi connectivity index (χ1v) is 8.15. The van der Waals surface area contributed by atoms with Gasteiger partial charge in [0.25, 0.3) is 0 Å². The van der Waals surface area contributed by atoms with Crippen molar-refractivity contribution in [3.8, 4) is 0 Å². The number of hydrogen-bond acceptors (Lipinski definition) is 4. The monoisotopic (exact) mass is 318 g/mol. The van der Waals surface area contributed by atoms with E-state index in [1.54, 1.807) is 0 Å². The Kier molecular flexibility index (Phi) is 6.27. The lowest BCUT2D eigenvalue weighted by Crippen LogP contribution is -2.30. The first kappa shape index (κ1) is 18.0. The Labute approximate surface area is 126 Å². The van der Waals surface area contributed by atoms with E-state index in [0.29, 0.717) is 13.0 Å². The van der Waals surface area contributed by atoms with Crippen LogP contribution in [0.3, 0.4) is 0 Å². The molecule has 1 rings (SSSR count). The van der Waals surface area contributed by atoms with Gasteiger partial charge in [0, 0.05) is 19.2 Å². The van der Waals surface area contributed by atoms with Gasteiger partial charge in [-0.25, -0.2) is 17.1 Å². The molecule has 5 nitrogen and oxygen atoms in total. The highest BCUT2D eigenvalue weighted by molar-refractivity contribution is 7.89. The maximum atomic E-state index is 13.8. The second kappa shape index (κ2) is 7.31. The molecule has 0 atom stereocenters. The predicted octanol–water partition coefficient (Wildman–Crippen LogP) is 1.20. The molecule has 7 heteroatoms. The molecule has 0 saturated heterocycles. The third-order valence-electron chi connectivity index (χ3n) is 3.31. The van der Waals surface area contributed by atoms with Crippen molar-refractivity contribution < 1.29 is 17.9 Å². The van der Waals surface area contributed by atoms with Gasteiger partial charge in [-0.05, 0) is 51.7 Å². The number of sulfonamides is 1. The van der Waals surface area contributed by atoms with Crippen molar-refractivity contribution in [1.82, 2.24) is 9.21 Å². The fourth-order valence-electron chi connectivity index (χ4n) is 1.96. The average Bonchev–Trinajstić information content (AvgIpc) is 2.40. The standard InChI is InChI=1S/C14H23FN2O3S/c1-11-13(15)8-12(10-18)9-14(11)21(19,20)17(4)7-5-6-16(2)3/h8-9,18H,5-7,10H2,1-4H3. The van der Waals surface area contributed by atoms with E-state index < -0.39 is 22.4 Å². The fraction of sp³-hybridized carbons (Fsp3) is 0.571. The first-order chi connectivity index (χ1) is 9.70. The van der Waals surface area contributed by atoms with E-state index in [1.165, 1.54) is 24.3 Å². The van der Waals surface area contributed by atoms with Crippen molar-refractivity contribution in [2.45, 2.75) is 24.8 Å². The number of aliphatic hydroxyl groups excluding tert-OH is 1. The van der Waals surface area contributed by atoms with Gasteiger partial charge >= 0.3 is 0 Å². The van der Waals surface area contributed by atoms with Crippen LogP contribution in [0, 0.1) is 12.7 Å². The number of hydrogen-bond donors (Lipinski definition) is 1. The van der Waals surface area contributed by atoms with Crippen molar-refractivity contribution in [2.75, 3.05) is 34.2 Å². The summed E-state index contributed by atoms with van der Waals surface area (Å²) in [4.78, 5) is 1.89. The molecule has 0 aliphatic rings. The van der Waals surface area contributed by atoms with Crippen LogP contribution in [0.4, 0.5) is 4.39 Å². The Morgan fingerprint density at radius 1 is 1.19 bits per heavy atom. The SMILES string of the molecule is Cc1c(F)cc(CO)cc1S(=O)(=O)N(C)CCCN(C)C. The van der Waals surface area contributed by atoms with Crippen LogP contribution in [0.5, 0.6) is 0 Å². The largest absolute Gasteiger partial charge is 0.392 e. The van der Waals surface area contributed by atoms with Crippen molar-refractivity contribution in [3.05, 3.63) is 29.1 Å². The molecule has 0 unspecified atom stereocenters. The molecule has 0 aromatic heterocycles. The lowest BCUT2D eigenvalue weighted by Gasteiger charge is -2.20. The van der Waals surface area contributed by atoms with Crippen LogP contribution in [-0.4, -0.2) is 57.0 Å². The maximum absolute atomic E-state index is 13.8. The Balaban J connectivity index is 3.04. The number of aliphatic hydroxyl groups is 1. The van der Waals surface area contributed by atoms with Crippen LogP contribution in [-0.2, 0) is 16.6 Å². The minimum absolute atomic E-state index is 0.0756. The minimum Gasteiger partial charge on any atom is -0.392 e. The third-order valence-corrected chi connectivity index (χ3v) is 5.29. The van der Waals surface area contributed by atoms with E-state index in [0.717, 1.165) is 12.6 Å². The van der Waals surface area contributed by atoms with Gasteiger partial charge in [0.05, 0.1) is 11.5 Å². The lowest BCUT2D eigenvalue weighted by atomic mass is 10.1. The fourth-order valence-corrected chi connectivity index (χ4v) is 3.45. The van der Waals surface area contributed by atoms with Gasteiger partial charge in [0.1, 0.15) is 5.82 Å². The molecule has 0 spiro atoms. The summed E-state index contributed by atoms with van der Waals surface area (Å²) in [5, 5.41) is 9.10. The van der Waals surface area contributed by atoms with E-state index >= 15 is 0 Å². The van der Waals surface area contributed by atoms with Crippen LogP contribution in [0.2, 0.25) is 0 Å². The van der Waals surface area contributed by atoms with Gasteiger partial charge < -0.3 is 10.0 Å². The van der Waals surface area contributed by atoms with Crippen LogP contribution >= 0.6 is 0 Å². The average molecular weight is 318 g/mol. The van der Waals surface area contributed by atoms with E-state index in [4.69, 9.17) is 5.11 Å². The summed E-state index contributed by atoms with van der Waals surface area (Å²) in [5.74, 6) is -0.623. The smallest absolute Gasteiger partial charge is 0.243 e. The summed E-state index contributed by atoms with van der Waals surface area (Å²) in [6.07, 6.45) is 0.684. The van der Waals surface area contributed by atoms with Crippen LogP contribution in [0.25, 0.3) is 0 Å². The van der Waals surface area contributed by atoms with E-state index in [1.807, 2.05) is 19.0 Å². The van der Waals surface area contributed by atoms with Crippen molar-refractivity contribution in [1.29, 1.82) is 0 Å². The normalized spacial score (nSPS) is 12.4. The second-order valence-corrected chi connectivity index (χ2v) is 7.36. The summed E-state index contributed by atoms with van der Waals surface area (Å²) < 4.78 is 40.0. The maximum Gasteiger partial charge on any atom is 0.243 e. The van der Waals surface area contributed by atoms with Gasteiger partial charge in [0.2, 0.25) is 10.0 Å². The number of halogens is 1. The highest BCUT2D eigenvalue weighted by Gasteiger charge is 2.24. The quantitative estimate of drug-likeness (QED) is 0.820. The molecule has 0 amide bonds. The third kappa shape index (κ3) is 4.47. The number of rotatable bonds is 7. The molecule has 0 aliphatic heterocycles. The van der Waals surface area contributed by atoms with Crippen molar-refractivity contribution >= 4 is 10.0 Å². The van der Waals surface area contributed by atoms with Gasteiger partial charge in [0.15, 0.2) is 0 Å². The van der Waals surface area contributed by atoms with E-state index in [9.17, 15) is 12.8 Å². The molecule has 0 radical (unpaired) electrons. The molecule has 120 valence electrons. The molecule has 0 bridgehead atoms. The summed E-state index contributed by atoms with van der Waals surface area (Å²) in [7, 11) is 1.55. The Morgan fingerprint density at radius 3 is 2.33 bits per heavy atom. The zero-order valence-corrected chi connectivity index (χ0v) is 13.7. The van der Waals surface area contributed by atoms with E-state index in [2.05, 4.69) is 0 Å². The zero-order valence-electron chi connectivity index (χ0n) is 12.9. The van der Waals surface area contributed by atoms with Gasteiger partial charge in [-0.15, -0.1) is 0 Å². The summed E-state index contributed by atoms with van der Waals surface area (Å²) in [6.45, 7) is 2.15. The zero-order chi connectivity index (χ0) is 16.2. The Morgan fingerprint density at radius 2 is 1.81 bits per heavy atom. The molecule has 0 saturated carbocycles. The highest BCUT2D eigenvalue weighted by atomic mass is 32.2. The van der Waals surface area contributed by atoms with Crippen LogP contribution in [0.15, 0.2) is 17.0 Å². The number of nitrogens with zero attached hydrogens (tertiary/aromatic N) is 2. The lowest BCUT2D eigenvalue weighted by molar-refractivity contribution is 0.280. The summed E-state index contributed by atoms with van der Waals surface area (Å²) in [6, 6.07) is 2.48. The molecule has 1 aromatic carbocycles. The van der Waals surface area contributed by atoms with Gasteiger partial charge in [-0.3, -0.25) is 0 Å². The first-order valence-electron chi connectivity index (χ1n) is 6.71. The number of benzene rings is 1. The van der Waals surface area contributed by atoms with Gasteiger partial charge in [-0.1, -0.05) is 0 Å². The summed E-state index contributed by atoms with van der Waals surface area (Å²) in [5.41, 5.74) is 0.324. The van der Waals surface area contributed by atoms with Crippen molar-refractivity contribution in [2.24, 2.45) is 0 Å². The second-order valence-electron chi connectivity index (χ2n) is 5.34. The molecule has 1 N–H and O–H groups in total.